The van der Waals surface area contributed by atoms with Crippen LogP contribution < -0.4 is 5.32 Å². The van der Waals surface area contributed by atoms with Crippen molar-refractivity contribution in [1.82, 2.24) is 5.32 Å². The van der Waals surface area contributed by atoms with Crippen molar-refractivity contribution in [2.45, 2.75) is 40.0 Å². The quantitative estimate of drug-likeness (QED) is 0.654. The lowest BCUT2D eigenvalue weighted by molar-refractivity contribution is -0.119. The number of allylic oxidation sites excluding steroid dienone is 1. The first-order chi connectivity index (χ1) is 7.54. The standard InChI is InChI=1S/C13H25NO2/c1-5-11(9-15)8-12(10(2)3)6-7-13(16)14-4/h6,10-11,15H,5,7-9H2,1-4H3,(H,14,16)/b12-6-/t11-/m0/s1. The molecule has 1 atom stereocenters. The predicted octanol–water partition coefficient (Wildman–Crippen LogP) is 2.11. The highest BCUT2D eigenvalue weighted by Gasteiger charge is 2.11. The van der Waals surface area contributed by atoms with Crippen LogP contribution in [0.2, 0.25) is 0 Å². The summed E-state index contributed by atoms with van der Waals surface area (Å²) in [5.74, 6) is 0.791. The van der Waals surface area contributed by atoms with Crippen LogP contribution in [0.1, 0.15) is 40.0 Å². The molecular formula is C13H25NO2. The van der Waals surface area contributed by atoms with Gasteiger partial charge in [0.2, 0.25) is 5.91 Å². The van der Waals surface area contributed by atoms with Crippen molar-refractivity contribution in [2.75, 3.05) is 13.7 Å². The number of aliphatic hydroxyl groups excluding tert-OH is 1. The fourth-order valence-corrected chi connectivity index (χ4v) is 1.55. The molecule has 0 saturated carbocycles. The maximum Gasteiger partial charge on any atom is 0.223 e. The molecule has 0 aromatic rings. The van der Waals surface area contributed by atoms with Gasteiger partial charge in [-0.15, -0.1) is 0 Å². The van der Waals surface area contributed by atoms with Crippen molar-refractivity contribution in [3.8, 4) is 0 Å². The summed E-state index contributed by atoms with van der Waals surface area (Å²) in [6.07, 6.45) is 4.30. The third kappa shape index (κ3) is 5.91. The minimum atomic E-state index is 0.0372. The molecule has 94 valence electrons. The predicted molar refractivity (Wildman–Crippen MR) is 67.1 cm³/mol. The van der Waals surface area contributed by atoms with Gasteiger partial charge in [-0.25, -0.2) is 0 Å². The molecular weight excluding hydrogens is 202 g/mol. The Hall–Kier alpha value is -0.830. The second-order valence-corrected chi connectivity index (χ2v) is 4.47. The Morgan fingerprint density at radius 2 is 2.06 bits per heavy atom. The summed E-state index contributed by atoms with van der Waals surface area (Å²) in [4.78, 5) is 11.2. The number of hydrogen-bond donors (Lipinski definition) is 2. The Bertz CT molecular complexity index is 230. The van der Waals surface area contributed by atoms with Crippen LogP contribution in [0.3, 0.4) is 0 Å². The van der Waals surface area contributed by atoms with Crippen LogP contribution in [0.15, 0.2) is 11.6 Å². The Kier molecular flexibility index (Phi) is 7.90. The van der Waals surface area contributed by atoms with Crippen LogP contribution in [0.4, 0.5) is 0 Å². The molecule has 0 aliphatic heterocycles. The highest BCUT2D eigenvalue weighted by molar-refractivity contribution is 5.77. The van der Waals surface area contributed by atoms with Crippen molar-refractivity contribution in [2.24, 2.45) is 11.8 Å². The summed E-state index contributed by atoms with van der Waals surface area (Å²) in [5, 5.41) is 11.8. The fourth-order valence-electron chi connectivity index (χ4n) is 1.55. The highest BCUT2D eigenvalue weighted by atomic mass is 16.3. The molecule has 0 aromatic heterocycles. The maximum absolute atomic E-state index is 11.2. The van der Waals surface area contributed by atoms with Gasteiger partial charge in [-0.3, -0.25) is 4.79 Å². The van der Waals surface area contributed by atoms with Crippen molar-refractivity contribution in [3.63, 3.8) is 0 Å². The van der Waals surface area contributed by atoms with E-state index in [2.05, 4.69) is 26.1 Å². The molecule has 16 heavy (non-hydrogen) atoms. The van der Waals surface area contributed by atoms with Gasteiger partial charge < -0.3 is 10.4 Å². The molecule has 0 radical (unpaired) electrons. The van der Waals surface area contributed by atoms with Gasteiger partial charge in [-0.1, -0.05) is 38.8 Å². The monoisotopic (exact) mass is 227 g/mol. The van der Waals surface area contributed by atoms with E-state index < -0.39 is 0 Å². The van der Waals surface area contributed by atoms with Crippen LogP contribution in [0, 0.1) is 11.8 Å². The number of aliphatic hydroxyl groups is 1. The van der Waals surface area contributed by atoms with Gasteiger partial charge in [-0.05, 0) is 18.3 Å². The average Bonchev–Trinajstić information content (AvgIpc) is 2.28. The van der Waals surface area contributed by atoms with E-state index in [0.717, 1.165) is 12.8 Å². The van der Waals surface area contributed by atoms with Gasteiger partial charge in [0.1, 0.15) is 0 Å². The van der Waals surface area contributed by atoms with Crippen LogP contribution in [0.25, 0.3) is 0 Å². The molecule has 0 rings (SSSR count). The third-order valence-corrected chi connectivity index (χ3v) is 2.93. The lowest BCUT2D eigenvalue weighted by atomic mass is 9.90. The van der Waals surface area contributed by atoms with E-state index >= 15 is 0 Å². The minimum absolute atomic E-state index is 0.0372. The molecule has 0 bridgehead atoms. The zero-order chi connectivity index (χ0) is 12.6. The van der Waals surface area contributed by atoms with Crippen LogP contribution in [0.5, 0.6) is 0 Å². The largest absolute Gasteiger partial charge is 0.396 e. The molecule has 0 aliphatic carbocycles. The molecule has 0 fully saturated rings. The number of nitrogens with one attached hydrogen (secondary N) is 1. The lowest BCUT2D eigenvalue weighted by Crippen LogP contribution is -2.17. The summed E-state index contributed by atoms with van der Waals surface area (Å²) in [6, 6.07) is 0. The number of carbonyl (C=O) groups is 1. The van der Waals surface area contributed by atoms with E-state index in [0.29, 0.717) is 18.3 Å². The molecule has 0 saturated heterocycles. The van der Waals surface area contributed by atoms with Crippen LogP contribution in [-0.4, -0.2) is 24.7 Å². The van der Waals surface area contributed by atoms with Gasteiger partial charge in [-0.2, -0.15) is 0 Å². The van der Waals surface area contributed by atoms with Gasteiger partial charge in [0, 0.05) is 20.1 Å². The first-order valence-electron chi connectivity index (χ1n) is 6.05. The Labute approximate surface area is 98.9 Å². The Balaban J connectivity index is 4.42. The molecule has 0 aliphatic rings. The number of hydrogen-bond acceptors (Lipinski definition) is 2. The van der Waals surface area contributed by atoms with E-state index in [9.17, 15) is 9.90 Å². The van der Waals surface area contributed by atoms with Gasteiger partial charge in [0.25, 0.3) is 0 Å². The molecule has 0 spiro atoms. The molecule has 0 unspecified atom stereocenters. The number of amides is 1. The summed E-state index contributed by atoms with van der Waals surface area (Å²) in [7, 11) is 1.65. The first kappa shape index (κ1) is 15.2. The van der Waals surface area contributed by atoms with Gasteiger partial charge in [0.05, 0.1) is 0 Å². The van der Waals surface area contributed by atoms with Crippen molar-refractivity contribution >= 4 is 5.91 Å². The maximum atomic E-state index is 11.2. The van der Waals surface area contributed by atoms with E-state index in [1.54, 1.807) is 7.05 Å². The third-order valence-electron chi connectivity index (χ3n) is 2.93. The molecule has 3 heteroatoms. The van der Waals surface area contributed by atoms with Crippen molar-refractivity contribution in [1.29, 1.82) is 0 Å². The zero-order valence-corrected chi connectivity index (χ0v) is 10.9. The van der Waals surface area contributed by atoms with Crippen LogP contribution in [-0.2, 0) is 4.79 Å². The SMILES string of the molecule is CC[C@H](CO)C/C(=C/CC(=O)NC)C(C)C. The second kappa shape index (κ2) is 8.34. The van der Waals surface area contributed by atoms with Gasteiger partial charge >= 0.3 is 0 Å². The number of carbonyl (C=O) groups excluding carboxylic acids is 1. The highest BCUT2D eigenvalue weighted by Crippen LogP contribution is 2.21. The summed E-state index contributed by atoms with van der Waals surface area (Å²) >= 11 is 0. The molecule has 3 nitrogen and oxygen atoms in total. The van der Waals surface area contributed by atoms with E-state index in [4.69, 9.17) is 0 Å². The molecule has 1 amide bonds. The Morgan fingerprint density at radius 3 is 2.44 bits per heavy atom. The number of rotatable bonds is 7. The molecule has 2 N–H and O–H groups in total. The van der Waals surface area contributed by atoms with Crippen molar-refractivity contribution < 1.29 is 9.90 Å². The van der Waals surface area contributed by atoms with Crippen molar-refractivity contribution in [3.05, 3.63) is 11.6 Å². The second-order valence-electron chi connectivity index (χ2n) is 4.47. The Morgan fingerprint density at radius 1 is 1.44 bits per heavy atom. The van der Waals surface area contributed by atoms with E-state index in [1.807, 2.05) is 6.08 Å². The lowest BCUT2D eigenvalue weighted by Gasteiger charge is -2.17. The van der Waals surface area contributed by atoms with Crippen LogP contribution >= 0.6 is 0 Å². The summed E-state index contributed by atoms with van der Waals surface area (Å²) in [5.41, 5.74) is 1.27. The first-order valence-corrected chi connectivity index (χ1v) is 6.05. The fraction of sp³-hybridized carbons (Fsp3) is 0.769. The summed E-state index contributed by atoms with van der Waals surface area (Å²) in [6.45, 7) is 6.55. The van der Waals surface area contributed by atoms with E-state index in [-0.39, 0.29) is 12.5 Å². The topological polar surface area (TPSA) is 49.3 Å². The van der Waals surface area contributed by atoms with E-state index in [1.165, 1.54) is 5.57 Å². The average molecular weight is 227 g/mol. The summed E-state index contributed by atoms with van der Waals surface area (Å²) < 4.78 is 0. The smallest absolute Gasteiger partial charge is 0.223 e. The van der Waals surface area contributed by atoms with Gasteiger partial charge in [0.15, 0.2) is 0 Å². The zero-order valence-electron chi connectivity index (χ0n) is 10.9. The normalized spacial score (nSPS) is 14.0. The molecule has 0 heterocycles. The minimum Gasteiger partial charge on any atom is -0.396 e. The molecule has 0 aromatic carbocycles.